The first-order chi connectivity index (χ1) is 7.63. The molecule has 0 aliphatic rings. The Bertz CT molecular complexity index is 337. The van der Waals surface area contributed by atoms with Gasteiger partial charge in [-0.25, -0.2) is 0 Å². The second-order valence-electron chi connectivity index (χ2n) is 3.64. The van der Waals surface area contributed by atoms with Gasteiger partial charge in [-0.05, 0) is 36.9 Å². The van der Waals surface area contributed by atoms with Gasteiger partial charge in [-0.3, -0.25) is 4.79 Å². The molecule has 3 nitrogen and oxygen atoms in total. The van der Waals surface area contributed by atoms with Crippen LogP contribution in [0.3, 0.4) is 0 Å². The zero-order chi connectivity index (χ0) is 12.0. The van der Waals surface area contributed by atoms with Gasteiger partial charge in [-0.2, -0.15) is 11.8 Å². The predicted octanol–water partition coefficient (Wildman–Crippen LogP) is 2.26. The van der Waals surface area contributed by atoms with Gasteiger partial charge in [0.1, 0.15) is 5.75 Å². The van der Waals surface area contributed by atoms with E-state index in [0.717, 1.165) is 6.42 Å². The number of aromatic hydroxyl groups is 1. The second-order valence-corrected chi connectivity index (χ2v) is 4.91. The lowest BCUT2D eigenvalue weighted by Crippen LogP contribution is -2.25. The van der Waals surface area contributed by atoms with E-state index in [2.05, 4.69) is 18.5 Å². The molecule has 0 saturated heterocycles. The number of benzene rings is 1. The molecule has 0 fully saturated rings. The van der Waals surface area contributed by atoms with Crippen molar-refractivity contribution >= 4 is 17.7 Å². The third kappa shape index (κ3) is 4.14. The molecule has 2 N–H and O–H groups in total. The van der Waals surface area contributed by atoms with Crippen molar-refractivity contribution in [3.63, 3.8) is 0 Å². The number of amides is 1. The number of phenolic OH excluding ortho intramolecular Hbond substituents is 1. The van der Waals surface area contributed by atoms with Crippen molar-refractivity contribution in [3.05, 3.63) is 29.8 Å². The summed E-state index contributed by atoms with van der Waals surface area (Å²) in [6.45, 7) is 2.82. The smallest absolute Gasteiger partial charge is 0.251 e. The first-order valence-electron chi connectivity index (χ1n) is 5.23. The van der Waals surface area contributed by atoms with Crippen LogP contribution in [-0.4, -0.2) is 29.1 Å². The Labute approximate surface area is 100 Å². The van der Waals surface area contributed by atoms with Crippen LogP contribution in [0.25, 0.3) is 0 Å². The number of carbonyl (C=O) groups excluding carboxylic acids is 1. The Balaban J connectivity index is 2.38. The van der Waals surface area contributed by atoms with Crippen LogP contribution < -0.4 is 5.32 Å². The molecule has 0 bridgehead atoms. The Kier molecular flexibility index (Phi) is 5.19. The maximum atomic E-state index is 11.6. The summed E-state index contributed by atoms with van der Waals surface area (Å²) >= 11 is 1.79. The molecular formula is C12H17NO2S. The van der Waals surface area contributed by atoms with Crippen LogP contribution in [0.2, 0.25) is 0 Å². The van der Waals surface area contributed by atoms with Gasteiger partial charge in [-0.15, -0.1) is 0 Å². The third-order valence-corrected chi connectivity index (χ3v) is 3.41. The molecule has 0 aromatic heterocycles. The molecule has 1 aromatic carbocycles. The Morgan fingerprint density at radius 2 is 2.06 bits per heavy atom. The quantitative estimate of drug-likeness (QED) is 0.828. The summed E-state index contributed by atoms with van der Waals surface area (Å²) in [5.41, 5.74) is 0.578. The predicted molar refractivity (Wildman–Crippen MR) is 68.0 cm³/mol. The Hall–Kier alpha value is -1.16. The van der Waals surface area contributed by atoms with Crippen LogP contribution >= 0.6 is 11.8 Å². The van der Waals surface area contributed by atoms with Crippen molar-refractivity contribution in [1.82, 2.24) is 5.32 Å². The van der Waals surface area contributed by atoms with Gasteiger partial charge in [0.05, 0.1) is 0 Å². The molecule has 1 rings (SSSR count). The van der Waals surface area contributed by atoms with Crippen molar-refractivity contribution in [2.75, 3.05) is 12.8 Å². The van der Waals surface area contributed by atoms with Crippen LogP contribution in [0, 0.1) is 0 Å². The largest absolute Gasteiger partial charge is 0.508 e. The lowest BCUT2D eigenvalue weighted by Gasteiger charge is -2.09. The molecule has 0 aliphatic heterocycles. The highest BCUT2D eigenvalue weighted by Crippen LogP contribution is 2.10. The molecule has 0 heterocycles. The number of hydrogen-bond donors (Lipinski definition) is 2. The van der Waals surface area contributed by atoms with Crippen molar-refractivity contribution in [1.29, 1.82) is 0 Å². The number of hydrogen-bond acceptors (Lipinski definition) is 3. The molecule has 0 saturated carbocycles. The van der Waals surface area contributed by atoms with E-state index >= 15 is 0 Å². The number of nitrogens with one attached hydrogen (secondary N) is 1. The molecule has 4 heteroatoms. The van der Waals surface area contributed by atoms with E-state index in [4.69, 9.17) is 5.11 Å². The molecule has 1 amide bonds. The fourth-order valence-corrected chi connectivity index (χ4v) is 1.58. The van der Waals surface area contributed by atoms with E-state index < -0.39 is 0 Å². The first kappa shape index (κ1) is 12.9. The van der Waals surface area contributed by atoms with Crippen molar-refractivity contribution in [3.8, 4) is 5.75 Å². The number of phenols is 1. The topological polar surface area (TPSA) is 49.3 Å². The molecule has 16 heavy (non-hydrogen) atoms. The minimum atomic E-state index is -0.0895. The molecule has 1 aromatic rings. The maximum absolute atomic E-state index is 11.6. The van der Waals surface area contributed by atoms with Gasteiger partial charge in [0, 0.05) is 17.4 Å². The van der Waals surface area contributed by atoms with Crippen molar-refractivity contribution in [2.45, 2.75) is 18.6 Å². The molecule has 0 spiro atoms. The fourth-order valence-electron chi connectivity index (χ4n) is 1.22. The number of carbonyl (C=O) groups is 1. The lowest BCUT2D eigenvalue weighted by atomic mass is 10.2. The van der Waals surface area contributed by atoms with Crippen LogP contribution in [0.15, 0.2) is 24.3 Å². The Morgan fingerprint density at radius 3 is 2.62 bits per heavy atom. The van der Waals surface area contributed by atoms with E-state index in [1.165, 1.54) is 12.1 Å². The first-order valence-corrected chi connectivity index (χ1v) is 6.52. The van der Waals surface area contributed by atoms with Gasteiger partial charge in [0.15, 0.2) is 0 Å². The van der Waals surface area contributed by atoms with E-state index in [-0.39, 0.29) is 11.7 Å². The van der Waals surface area contributed by atoms with Gasteiger partial charge < -0.3 is 10.4 Å². The summed E-state index contributed by atoms with van der Waals surface area (Å²) in [7, 11) is 0. The van der Waals surface area contributed by atoms with Gasteiger partial charge in [-0.1, -0.05) is 6.92 Å². The second kappa shape index (κ2) is 6.43. The zero-order valence-electron chi connectivity index (χ0n) is 9.56. The Morgan fingerprint density at radius 1 is 1.44 bits per heavy atom. The SMILES string of the molecule is CSC(C)CCNC(=O)c1ccc(O)cc1. The van der Waals surface area contributed by atoms with E-state index in [1.54, 1.807) is 23.9 Å². The third-order valence-electron chi connectivity index (χ3n) is 2.37. The highest BCUT2D eigenvalue weighted by molar-refractivity contribution is 7.99. The normalized spacial score (nSPS) is 12.1. The van der Waals surface area contributed by atoms with Crippen LogP contribution in [0.4, 0.5) is 0 Å². The van der Waals surface area contributed by atoms with Gasteiger partial charge >= 0.3 is 0 Å². The molecule has 1 atom stereocenters. The average molecular weight is 239 g/mol. The summed E-state index contributed by atoms with van der Waals surface area (Å²) < 4.78 is 0. The van der Waals surface area contributed by atoms with Crippen molar-refractivity contribution in [2.24, 2.45) is 0 Å². The summed E-state index contributed by atoms with van der Waals surface area (Å²) in [6, 6.07) is 6.25. The van der Waals surface area contributed by atoms with Crippen LogP contribution in [0.1, 0.15) is 23.7 Å². The standard InChI is InChI=1S/C12H17NO2S/c1-9(16-2)7-8-13-12(15)10-3-5-11(14)6-4-10/h3-6,9,14H,7-8H2,1-2H3,(H,13,15). The summed E-state index contributed by atoms with van der Waals surface area (Å²) in [5.74, 6) is 0.0841. The molecular weight excluding hydrogens is 222 g/mol. The lowest BCUT2D eigenvalue weighted by molar-refractivity contribution is 0.0953. The molecule has 1 unspecified atom stereocenters. The van der Waals surface area contributed by atoms with E-state index in [9.17, 15) is 4.79 Å². The minimum absolute atomic E-state index is 0.0895. The van der Waals surface area contributed by atoms with Gasteiger partial charge in [0.2, 0.25) is 0 Å². The zero-order valence-corrected chi connectivity index (χ0v) is 10.4. The number of thioether (sulfide) groups is 1. The summed E-state index contributed by atoms with van der Waals surface area (Å²) in [5, 5.41) is 12.5. The summed E-state index contributed by atoms with van der Waals surface area (Å²) in [4.78, 5) is 11.6. The molecule has 88 valence electrons. The molecule has 0 aliphatic carbocycles. The summed E-state index contributed by atoms with van der Waals surface area (Å²) in [6.07, 6.45) is 3.03. The molecule has 0 radical (unpaired) electrons. The van der Waals surface area contributed by atoms with Gasteiger partial charge in [0.25, 0.3) is 5.91 Å². The van der Waals surface area contributed by atoms with Crippen LogP contribution in [-0.2, 0) is 0 Å². The van der Waals surface area contributed by atoms with E-state index in [1.807, 2.05) is 0 Å². The fraction of sp³-hybridized carbons (Fsp3) is 0.417. The van der Waals surface area contributed by atoms with Crippen LogP contribution in [0.5, 0.6) is 5.75 Å². The number of rotatable bonds is 5. The highest BCUT2D eigenvalue weighted by atomic mass is 32.2. The minimum Gasteiger partial charge on any atom is -0.508 e. The highest BCUT2D eigenvalue weighted by Gasteiger charge is 2.05. The monoisotopic (exact) mass is 239 g/mol. The van der Waals surface area contributed by atoms with E-state index in [0.29, 0.717) is 17.4 Å². The maximum Gasteiger partial charge on any atom is 0.251 e. The van der Waals surface area contributed by atoms with Crippen molar-refractivity contribution < 1.29 is 9.90 Å². The average Bonchev–Trinajstić information content (AvgIpc) is 2.29.